The van der Waals surface area contributed by atoms with Crippen molar-refractivity contribution in [1.82, 2.24) is 20.0 Å². The number of aromatic nitrogens is 2. The zero-order chi connectivity index (χ0) is 15.2. The molecule has 22 heavy (non-hydrogen) atoms. The molecule has 1 aromatic carbocycles. The normalized spacial score (nSPS) is 17.0. The molecule has 1 aliphatic heterocycles. The van der Waals surface area contributed by atoms with Gasteiger partial charge in [-0.2, -0.15) is 5.10 Å². The van der Waals surface area contributed by atoms with Gasteiger partial charge in [-0.05, 0) is 70.1 Å². The molecule has 118 valence electrons. The zero-order valence-corrected chi connectivity index (χ0v) is 13.4. The largest absolute Gasteiger partial charge is 0.320 e. The van der Waals surface area contributed by atoms with Crippen molar-refractivity contribution in [1.29, 1.82) is 0 Å². The van der Waals surface area contributed by atoms with Crippen LogP contribution >= 0.6 is 0 Å². The molecule has 0 amide bonds. The van der Waals surface area contributed by atoms with Crippen LogP contribution in [0, 0.1) is 5.92 Å². The van der Waals surface area contributed by atoms with Gasteiger partial charge in [0.15, 0.2) is 0 Å². The molecule has 4 nitrogen and oxygen atoms in total. The van der Waals surface area contributed by atoms with Gasteiger partial charge in [0.05, 0.1) is 11.4 Å². The van der Waals surface area contributed by atoms with Crippen LogP contribution in [0.1, 0.15) is 25.0 Å². The molecule has 1 saturated heterocycles. The first-order valence-electron chi connectivity index (χ1n) is 8.32. The fourth-order valence-electron chi connectivity index (χ4n) is 3.26. The second-order valence-electron chi connectivity index (χ2n) is 6.18. The molecular weight excluding hydrogens is 272 g/mol. The number of benzene rings is 1. The van der Waals surface area contributed by atoms with Gasteiger partial charge in [0.1, 0.15) is 0 Å². The van der Waals surface area contributed by atoms with E-state index in [0.29, 0.717) is 0 Å². The first-order valence-corrected chi connectivity index (χ1v) is 8.32. The number of hydrogen-bond donors (Lipinski definition) is 1. The number of para-hydroxylation sites is 1. The van der Waals surface area contributed by atoms with Crippen LogP contribution in [0.15, 0.2) is 42.6 Å². The summed E-state index contributed by atoms with van der Waals surface area (Å²) < 4.78 is 2.06. The second kappa shape index (κ2) is 7.56. The molecule has 0 atom stereocenters. The van der Waals surface area contributed by atoms with Crippen LogP contribution in [0.3, 0.4) is 0 Å². The lowest BCUT2D eigenvalue weighted by Crippen LogP contribution is -2.34. The van der Waals surface area contributed by atoms with E-state index in [0.717, 1.165) is 24.7 Å². The van der Waals surface area contributed by atoms with Crippen LogP contribution < -0.4 is 5.32 Å². The van der Waals surface area contributed by atoms with Gasteiger partial charge in [0.25, 0.3) is 0 Å². The van der Waals surface area contributed by atoms with E-state index in [4.69, 9.17) is 0 Å². The number of rotatable bonds is 6. The molecule has 0 radical (unpaired) electrons. The van der Waals surface area contributed by atoms with E-state index >= 15 is 0 Å². The molecule has 2 heterocycles. The molecule has 1 fully saturated rings. The molecule has 0 aliphatic carbocycles. The number of nitrogens with zero attached hydrogens (tertiary/aromatic N) is 3. The lowest BCUT2D eigenvalue weighted by atomic mass is 9.93. The van der Waals surface area contributed by atoms with Crippen molar-refractivity contribution in [3.05, 3.63) is 48.3 Å². The Morgan fingerprint density at radius 1 is 1.14 bits per heavy atom. The van der Waals surface area contributed by atoms with Crippen LogP contribution in [0.2, 0.25) is 0 Å². The minimum atomic E-state index is 0.891. The Morgan fingerprint density at radius 2 is 1.91 bits per heavy atom. The van der Waals surface area contributed by atoms with Crippen LogP contribution in [0.4, 0.5) is 0 Å². The third kappa shape index (κ3) is 3.76. The maximum atomic E-state index is 4.49. The number of nitrogens with one attached hydrogen (secondary N) is 1. The second-order valence-corrected chi connectivity index (χ2v) is 6.18. The Balaban J connectivity index is 1.58. The van der Waals surface area contributed by atoms with Crippen molar-refractivity contribution >= 4 is 0 Å². The Hall–Kier alpha value is -1.65. The summed E-state index contributed by atoms with van der Waals surface area (Å²) in [5.74, 6) is 0.891. The first-order chi connectivity index (χ1) is 10.9. The van der Waals surface area contributed by atoms with Crippen LogP contribution in [0.25, 0.3) is 5.69 Å². The number of hydrogen-bond acceptors (Lipinski definition) is 3. The van der Waals surface area contributed by atoms with Crippen LogP contribution in [-0.4, -0.2) is 41.4 Å². The minimum absolute atomic E-state index is 0.891. The molecule has 4 heteroatoms. The molecule has 0 saturated carbocycles. The molecule has 0 spiro atoms. The molecule has 1 aliphatic rings. The summed E-state index contributed by atoms with van der Waals surface area (Å²) in [6, 6.07) is 12.5. The molecule has 2 aromatic rings. The fourth-order valence-corrected chi connectivity index (χ4v) is 3.26. The highest BCUT2D eigenvalue weighted by atomic mass is 15.3. The Bertz CT molecular complexity index is 555. The highest BCUT2D eigenvalue weighted by molar-refractivity contribution is 5.32. The molecule has 3 rings (SSSR count). The lowest BCUT2D eigenvalue weighted by molar-refractivity contribution is 0.169. The molecular formula is C18H26N4. The Morgan fingerprint density at radius 3 is 2.64 bits per heavy atom. The summed E-state index contributed by atoms with van der Waals surface area (Å²) >= 11 is 0. The van der Waals surface area contributed by atoms with Gasteiger partial charge < -0.3 is 5.32 Å². The van der Waals surface area contributed by atoms with Crippen molar-refractivity contribution in [2.75, 3.05) is 26.7 Å². The summed E-state index contributed by atoms with van der Waals surface area (Å²) in [5, 5.41) is 7.75. The van der Waals surface area contributed by atoms with E-state index in [1.54, 1.807) is 0 Å². The van der Waals surface area contributed by atoms with Crippen molar-refractivity contribution in [2.45, 2.75) is 25.8 Å². The number of piperidine rings is 1. The van der Waals surface area contributed by atoms with E-state index in [9.17, 15) is 0 Å². The van der Waals surface area contributed by atoms with Gasteiger partial charge >= 0.3 is 0 Å². The SMILES string of the molecule is CNCCC1CCN(Cc2ccnn2-c2ccccc2)CC1. The van der Waals surface area contributed by atoms with Crippen molar-refractivity contribution in [3.8, 4) is 5.69 Å². The van der Waals surface area contributed by atoms with E-state index in [1.165, 1.54) is 38.0 Å². The molecule has 1 N–H and O–H groups in total. The summed E-state index contributed by atoms with van der Waals surface area (Å²) in [5.41, 5.74) is 2.42. The topological polar surface area (TPSA) is 33.1 Å². The number of likely N-dealkylation sites (tertiary alicyclic amines) is 1. The fraction of sp³-hybridized carbons (Fsp3) is 0.500. The molecule has 0 bridgehead atoms. The molecule has 1 aromatic heterocycles. The lowest BCUT2D eigenvalue weighted by Gasteiger charge is -2.32. The quantitative estimate of drug-likeness (QED) is 0.890. The van der Waals surface area contributed by atoms with Gasteiger partial charge in [0.2, 0.25) is 0 Å². The zero-order valence-electron chi connectivity index (χ0n) is 13.4. The first kappa shape index (κ1) is 15.3. The van der Waals surface area contributed by atoms with Gasteiger partial charge in [-0.25, -0.2) is 4.68 Å². The van der Waals surface area contributed by atoms with Crippen molar-refractivity contribution in [2.24, 2.45) is 5.92 Å². The standard InChI is InChI=1S/C18H26N4/c1-19-11-7-16-9-13-21(14-10-16)15-18-8-12-20-22(18)17-5-3-2-4-6-17/h2-6,8,12,16,19H,7,9-11,13-15H2,1H3. The minimum Gasteiger partial charge on any atom is -0.320 e. The third-order valence-electron chi connectivity index (χ3n) is 4.62. The Labute approximate surface area is 133 Å². The van der Waals surface area contributed by atoms with Gasteiger partial charge in [0, 0.05) is 12.7 Å². The van der Waals surface area contributed by atoms with E-state index in [1.807, 2.05) is 19.3 Å². The van der Waals surface area contributed by atoms with Crippen molar-refractivity contribution < 1.29 is 0 Å². The summed E-state index contributed by atoms with van der Waals surface area (Å²) in [7, 11) is 2.04. The smallest absolute Gasteiger partial charge is 0.0649 e. The van der Waals surface area contributed by atoms with Gasteiger partial charge in [-0.3, -0.25) is 4.90 Å². The maximum Gasteiger partial charge on any atom is 0.0649 e. The highest BCUT2D eigenvalue weighted by Gasteiger charge is 2.19. The average molecular weight is 298 g/mol. The van der Waals surface area contributed by atoms with E-state index in [2.05, 4.69) is 50.3 Å². The van der Waals surface area contributed by atoms with E-state index < -0.39 is 0 Å². The summed E-state index contributed by atoms with van der Waals surface area (Å²) in [4.78, 5) is 2.56. The van der Waals surface area contributed by atoms with E-state index in [-0.39, 0.29) is 0 Å². The van der Waals surface area contributed by atoms with Gasteiger partial charge in [-0.15, -0.1) is 0 Å². The predicted molar refractivity (Wildman–Crippen MR) is 90.1 cm³/mol. The third-order valence-corrected chi connectivity index (χ3v) is 4.62. The highest BCUT2D eigenvalue weighted by Crippen LogP contribution is 2.22. The van der Waals surface area contributed by atoms with Gasteiger partial charge in [-0.1, -0.05) is 18.2 Å². The maximum absolute atomic E-state index is 4.49. The summed E-state index contributed by atoms with van der Waals surface area (Å²) in [6.07, 6.45) is 5.86. The van der Waals surface area contributed by atoms with Crippen LogP contribution in [-0.2, 0) is 6.54 Å². The predicted octanol–water partition coefficient (Wildman–Crippen LogP) is 2.69. The Kier molecular flexibility index (Phi) is 5.24. The average Bonchev–Trinajstić information content (AvgIpc) is 3.03. The van der Waals surface area contributed by atoms with Crippen LogP contribution in [0.5, 0.6) is 0 Å². The molecule has 0 unspecified atom stereocenters. The summed E-state index contributed by atoms with van der Waals surface area (Å²) in [6.45, 7) is 4.54. The van der Waals surface area contributed by atoms with Crippen molar-refractivity contribution in [3.63, 3.8) is 0 Å². The monoisotopic (exact) mass is 298 g/mol.